The number of hydrogen-bond donors (Lipinski definition) is 0. The summed E-state index contributed by atoms with van der Waals surface area (Å²) in [5.74, 6) is -0.270. The third-order valence-electron chi connectivity index (χ3n) is 1.64. The lowest BCUT2D eigenvalue weighted by atomic mass is 10.2. The third-order valence-corrected chi connectivity index (χ3v) is 1.64. The Morgan fingerprint density at radius 2 is 1.93 bits per heavy atom. The first kappa shape index (κ1) is 10.7. The van der Waals surface area contributed by atoms with Crippen molar-refractivity contribution >= 4 is 5.97 Å². The largest absolute Gasteiger partial charge is 0.463 e. The quantitative estimate of drug-likeness (QED) is 0.529. The van der Waals surface area contributed by atoms with E-state index in [1.54, 1.807) is 0 Å². The number of hydrogen-bond acceptors (Lipinski definition) is 3. The Balaban J connectivity index is 2.08. The van der Waals surface area contributed by atoms with Gasteiger partial charge in [0.15, 0.2) is 0 Å². The molecule has 14 heavy (non-hydrogen) atoms. The zero-order chi connectivity index (χ0) is 10.2. The van der Waals surface area contributed by atoms with E-state index in [2.05, 4.69) is 0 Å². The van der Waals surface area contributed by atoms with Crippen molar-refractivity contribution in [3.63, 3.8) is 0 Å². The first-order valence-corrected chi connectivity index (χ1v) is 4.54. The fourth-order valence-corrected chi connectivity index (χ4v) is 1.01. The molecule has 0 radical (unpaired) electrons. The van der Waals surface area contributed by atoms with Gasteiger partial charge in [0.1, 0.15) is 6.61 Å². The lowest BCUT2D eigenvalue weighted by Crippen LogP contribution is -2.07. The molecule has 0 spiro atoms. The molecule has 3 heteroatoms. The molecule has 76 valence electrons. The highest BCUT2D eigenvalue weighted by atomic mass is 16.6. The molecule has 1 rings (SSSR count). The van der Waals surface area contributed by atoms with Crippen LogP contribution >= 0.6 is 0 Å². The summed E-state index contributed by atoms with van der Waals surface area (Å²) in [4.78, 5) is 10.4. The average molecular weight is 194 g/mol. The summed E-state index contributed by atoms with van der Waals surface area (Å²) >= 11 is 0. The van der Waals surface area contributed by atoms with Crippen LogP contribution in [0.3, 0.4) is 0 Å². The van der Waals surface area contributed by atoms with Crippen molar-refractivity contribution in [3.8, 4) is 0 Å². The monoisotopic (exact) mass is 194 g/mol. The van der Waals surface area contributed by atoms with E-state index in [1.807, 2.05) is 30.3 Å². The van der Waals surface area contributed by atoms with E-state index in [1.165, 1.54) is 6.92 Å². The second kappa shape index (κ2) is 6.16. The predicted octanol–water partition coefficient (Wildman–Crippen LogP) is 1.77. The molecule has 0 saturated carbocycles. The number of rotatable bonds is 5. The molecule has 0 fully saturated rings. The van der Waals surface area contributed by atoms with Crippen molar-refractivity contribution in [3.05, 3.63) is 35.9 Å². The van der Waals surface area contributed by atoms with Gasteiger partial charge in [-0.25, -0.2) is 0 Å². The fourth-order valence-electron chi connectivity index (χ4n) is 1.01. The van der Waals surface area contributed by atoms with Gasteiger partial charge < -0.3 is 9.47 Å². The highest BCUT2D eigenvalue weighted by Gasteiger charge is 1.93. The summed E-state index contributed by atoms with van der Waals surface area (Å²) in [7, 11) is 0. The Hall–Kier alpha value is -1.35. The molecule has 0 saturated heterocycles. The van der Waals surface area contributed by atoms with Crippen LogP contribution in [0, 0.1) is 0 Å². The van der Waals surface area contributed by atoms with Crippen molar-refractivity contribution in [1.29, 1.82) is 0 Å². The lowest BCUT2D eigenvalue weighted by molar-refractivity contribution is -0.142. The Morgan fingerprint density at radius 1 is 1.21 bits per heavy atom. The van der Waals surface area contributed by atoms with Gasteiger partial charge in [0.25, 0.3) is 0 Å². The van der Waals surface area contributed by atoms with Crippen LogP contribution in [0.1, 0.15) is 12.5 Å². The fraction of sp³-hybridized carbons (Fsp3) is 0.364. The lowest BCUT2D eigenvalue weighted by Gasteiger charge is -2.04. The van der Waals surface area contributed by atoms with Gasteiger partial charge in [-0.3, -0.25) is 4.79 Å². The van der Waals surface area contributed by atoms with Gasteiger partial charge in [-0.05, 0) is 5.56 Å². The van der Waals surface area contributed by atoms with Crippen LogP contribution in [0.2, 0.25) is 0 Å². The zero-order valence-corrected chi connectivity index (χ0v) is 8.23. The van der Waals surface area contributed by atoms with Gasteiger partial charge in [-0.1, -0.05) is 30.3 Å². The molecule has 0 amide bonds. The van der Waals surface area contributed by atoms with Gasteiger partial charge in [0, 0.05) is 6.92 Å². The van der Waals surface area contributed by atoms with E-state index in [-0.39, 0.29) is 5.97 Å². The highest BCUT2D eigenvalue weighted by Crippen LogP contribution is 1.99. The number of carbonyl (C=O) groups is 1. The number of ether oxygens (including phenoxy) is 2. The summed E-state index contributed by atoms with van der Waals surface area (Å²) in [6.45, 7) is 2.70. The molecule has 0 bridgehead atoms. The third kappa shape index (κ3) is 4.62. The Kier molecular flexibility index (Phi) is 4.72. The Morgan fingerprint density at radius 3 is 2.57 bits per heavy atom. The smallest absolute Gasteiger partial charge is 0.302 e. The van der Waals surface area contributed by atoms with Crippen molar-refractivity contribution < 1.29 is 14.3 Å². The molecule has 0 atom stereocenters. The van der Waals surface area contributed by atoms with Crippen LogP contribution in [-0.2, 0) is 20.9 Å². The van der Waals surface area contributed by atoms with Gasteiger partial charge in [-0.15, -0.1) is 0 Å². The van der Waals surface area contributed by atoms with Gasteiger partial charge in [-0.2, -0.15) is 0 Å². The zero-order valence-electron chi connectivity index (χ0n) is 8.23. The average Bonchev–Trinajstić information content (AvgIpc) is 2.18. The van der Waals surface area contributed by atoms with E-state index < -0.39 is 0 Å². The number of esters is 1. The highest BCUT2D eigenvalue weighted by molar-refractivity contribution is 5.65. The normalized spacial score (nSPS) is 9.79. The molecule has 0 unspecified atom stereocenters. The topological polar surface area (TPSA) is 35.5 Å². The van der Waals surface area contributed by atoms with Crippen molar-refractivity contribution in [2.45, 2.75) is 13.5 Å². The maximum absolute atomic E-state index is 10.4. The maximum Gasteiger partial charge on any atom is 0.302 e. The van der Waals surface area contributed by atoms with Crippen LogP contribution in [0.15, 0.2) is 30.3 Å². The van der Waals surface area contributed by atoms with E-state index >= 15 is 0 Å². The molecule has 0 aromatic heterocycles. The first-order valence-electron chi connectivity index (χ1n) is 4.54. The minimum atomic E-state index is -0.270. The van der Waals surface area contributed by atoms with Crippen LogP contribution < -0.4 is 0 Å². The van der Waals surface area contributed by atoms with Crippen molar-refractivity contribution in [2.24, 2.45) is 0 Å². The molecule has 1 aromatic rings. The van der Waals surface area contributed by atoms with Crippen LogP contribution in [-0.4, -0.2) is 19.2 Å². The second-order valence-electron chi connectivity index (χ2n) is 2.88. The van der Waals surface area contributed by atoms with E-state index in [4.69, 9.17) is 9.47 Å². The van der Waals surface area contributed by atoms with E-state index in [9.17, 15) is 4.79 Å². The summed E-state index contributed by atoms with van der Waals surface area (Å²) in [5, 5.41) is 0. The first-order chi connectivity index (χ1) is 6.79. The predicted molar refractivity (Wildman–Crippen MR) is 52.7 cm³/mol. The molecule has 0 heterocycles. The summed E-state index contributed by atoms with van der Waals surface area (Å²) in [6.07, 6.45) is 0. The minimum Gasteiger partial charge on any atom is -0.463 e. The van der Waals surface area contributed by atoms with Gasteiger partial charge >= 0.3 is 5.97 Å². The van der Waals surface area contributed by atoms with Crippen molar-refractivity contribution in [2.75, 3.05) is 13.2 Å². The van der Waals surface area contributed by atoms with Gasteiger partial charge in [0.2, 0.25) is 0 Å². The standard InChI is InChI=1S/C11H14O3/c1-10(12)14-8-7-13-9-11-5-3-2-4-6-11/h2-6H,7-9H2,1H3. The van der Waals surface area contributed by atoms with Crippen LogP contribution in [0.25, 0.3) is 0 Å². The van der Waals surface area contributed by atoms with E-state index in [0.717, 1.165) is 5.56 Å². The Labute approximate surface area is 83.6 Å². The van der Waals surface area contributed by atoms with Gasteiger partial charge in [0.05, 0.1) is 13.2 Å². The molecule has 3 nitrogen and oxygen atoms in total. The van der Waals surface area contributed by atoms with Crippen molar-refractivity contribution in [1.82, 2.24) is 0 Å². The molecule has 0 aliphatic carbocycles. The van der Waals surface area contributed by atoms with Crippen LogP contribution in [0.5, 0.6) is 0 Å². The van der Waals surface area contributed by atoms with E-state index in [0.29, 0.717) is 19.8 Å². The number of carbonyl (C=O) groups excluding carboxylic acids is 1. The second-order valence-corrected chi connectivity index (χ2v) is 2.88. The molecule has 0 N–H and O–H groups in total. The molecule has 0 aliphatic heterocycles. The minimum absolute atomic E-state index is 0.270. The molecular formula is C11H14O3. The number of benzene rings is 1. The SMILES string of the molecule is CC(=O)OCCOCc1ccccc1. The van der Waals surface area contributed by atoms with Crippen LogP contribution in [0.4, 0.5) is 0 Å². The summed E-state index contributed by atoms with van der Waals surface area (Å²) in [5.41, 5.74) is 1.12. The summed E-state index contributed by atoms with van der Waals surface area (Å²) < 4.78 is 10.0. The maximum atomic E-state index is 10.4. The summed E-state index contributed by atoms with van der Waals surface area (Å²) in [6, 6.07) is 9.87. The molecular weight excluding hydrogens is 180 g/mol. The molecule has 1 aromatic carbocycles. The molecule has 0 aliphatic rings. The Bertz CT molecular complexity index is 269.